The first-order valence-electron chi connectivity index (χ1n) is 12.9. The fourth-order valence-electron chi connectivity index (χ4n) is 3.02. The third-order valence-corrected chi connectivity index (χ3v) is 5.86. The van der Waals surface area contributed by atoms with Gasteiger partial charge in [0.1, 0.15) is 19.0 Å². The van der Waals surface area contributed by atoms with Crippen molar-refractivity contribution >= 4 is 24.0 Å². The molecule has 0 amide bonds. The summed E-state index contributed by atoms with van der Waals surface area (Å²) in [5.74, 6) is -0.114. The van der Waals surface area contributed by atoms with E-state index in [-0.39, 0.29) is 18.3 Å². The van der Waals surface area contributed by atoms with Gasteiger partial charge in [-0.1, -0.05) is 13.0 Å². The average Bonchev–Trinajstić information content (AvgIpc) is 2.97. The largest absolute Gasteiger partial charge is 0.493 e. The minimum Gasteiger partial charge on any atom is -0.493 e. The van der Waals surface area contributed by atoms with Crippen LogP contribution in [0.1, 0.15) is 43.1 Å². The first-order chi connectivity index (χ1) is 19.2. The zero-order chi connectivity index (χ0) is 29.4. The molecular weight excluding hydrogens is 520 g/mol. The van der Waals surface area contributed by atoms with Crippen LogP contribution in [0.2, 0.25) is 0 Å². The molecule has 0 radical (unpaired) electrons. The number of benzene rings is 2. The van der Waals surface area contributed by atoms with Gasteiger partial charge in [0.25, 0.3) is 0 Å². The van der Waals surface area contributed by atoms with Gasteiger partial charge in [-0.3, -0.25) is 4.79 Å². The molecule has 2 rings (SSSR count). The molecule has 0 N–H and O–H groups in total. The molecule has 0 fully saturated rings. The van der Waals surface area contributed by atoms with E-state index in [2.05, 4.69) is 4.74 Å². The molecule has 2 aromatic carbocycles. The van der Waals surface area contributed by atoms with E-state index in [1.807, 2.05) is 20.8 Å². The van der Waals surface area contributed by atoms with E-state index < -0.39 is 17.4 Å². The Morgan fingerprint density at radius 1 is 0.825 bits per heavy atom. The summed E-state index contributed by atoms with van der Waals surface area (Å²) >= 11 is 0. The highest BCUT2D eigenvalue weighted by Crippen LogP contribution is 2.29. The van der Waals surface area contributed by atoms with Gasteiger partial charge in [0.15, 0.2) is 11.5 Å². The maximum Gasteiger partial charge on any atom is 0.343 e. The van der Waals surface area contributed by atoms with Crippen molar-refractivity contribution in [1.82, 2.24) is 0 Å². The Morgan fingerprint density at radius 3 is 2.10 bits per heavy atom. The highest BCUT2D eigenvalue weighted by Gasteiger charge is 2.26. The van der Waals surface area contributed by atoms with Crippen LogP contribution in [-0.2, 0) is 28.5 Å². The van der Waals surface area contributed by atoms with E-state index in [4.69, 9.17) is 28.4 Å². The topological polar surface area (TPSA) is 116 Å². The molecule has 0 saturated carbocycles. The molecule has 0 unspecified atom stereocenters. The Labute approximate surface area is 235 Å². The fourth-order valence-corrected chi connectivity index (χ4v) is 3.02. The molecule has 0 spiro atoms. The quantitative estimate of drug-likeness (QED) is 0.119. The predicted octanol–water partition coefficient (Wildman–Crippen LogP) is 4.49. The second-order valence-electron chi connectivity index (χ2n) is 9.13. The molecule has 0 atom stereocenters. The maximum absolute atomic E-state index is 12.6. The minimum absolute atomic E-state index is 0.213. The van der Waals surface area contributed by atoms with Crippen LogP contribution in [0.15, 0.2) is 48.5 Å². The summed E-state index contributed by atoms with van der Waals surface area (Å²) < 4.78 is 37.1. The summed E-state index contributed by atoms with van der Waals surface area (Å²) in [6, 6.07) is 11.4. The lowest BCUT2D eigenvalue weighted by Gasteiger charge is -2.20. The molecule has 0 saturated heterocycles. The van der Waals surface area contributed by atoms with Crippen molar-refractivity contribution in [1.29, 1.82) is 0 Å². The molecule has 0 aliphatic carbocycles. The third-order valence-electron chi connectivity index (χ3n) is 5.86. The van der Waals surface area contributed by atoms with Crippen LogP contribution in [0, 0.1) is 5.41 Å². The minimum atomic E-state index is -0.560. The van der Waals surface area contributed by atoms with E-state index in [0.29, 0.717) is 62.1 Å². The lowest BCUT2D eigenvalue weighted by atomic mass is 9.91. The zero-order valence-corrected chi connectivity index (χ0v) is 23.7. The Balaban J connectivity index is 1.67. The highest BCUT2D eigenvalue weighted by atomic mass is 16.6. The second kappa shape index (κ2) is 16.9. The third kappa shape index (κ3) is 11.1. The number of carbonyl (C=O) groups excluding carboxylic acids is 3. The molecule has 0 aliphatic rings. The van der Waals surface area contributed by atoms with Gasteiger partial charge in [-0.05, 0) is 68.3 Å². The van der Waals surface area contributed by atoms with Crippen molar-refractivity contribution in [3.05, 3.63) is 59.7 Å². The van der Waals surface area contributed by atoms with Gasteiger partial charge < -0.3 is 33.2 Å². The van der Waals surface area contributed by atoms with Crippen molar-refractivity contribution in [3.8, 4) is 17.2 Å². The monoisotopic (exact) mass is 558 g/mol. The van der Waals surface area contributed by atoms with Gasteiger partial charge in [-0.15, -0.1) is 0 Å². The Bertz CT molecular complexity index is 1120. The lowest BCUT2D eigenvalue weighted by Crippen LogP contribution is -2.27. The molecule has 0 heterocycles. The smallest absolute Gasteiger partial charge is 0.343 e. The first-order valence-corrected chi connectivity index (χ1v) is 12.9. The SMILES string of the molecule is CCC(C)(C)C(=O)OCCOCCOCCOc1ccc(C(=O)Oc2ccc(/C=C/C(=O)OC)cc2OC)cc1. The van der Waals surface area contributed by atoms with Crippen LogP contribution in [0.25, 0.3) is 6.08 Å². The second-order valence-corrected chi connectivity index (χ2v) is 9.13. The first kappa shape index (κ1) is 32.3. The van der Waals surface area contributed by atoms with Gasteiger partial charge in [-0.2, -0.15) is 0 Å². The van der Waals surface area contributed by atoms with E-state index in [9.17, 15) is 14.4 Å². The highest BCUT2D eigenvalue weighted by molar-refractivity contribution is 5.91. The summed E-state index contributed by atoms with van der Waals surface area (Å²) in [5, 5.41) is 0. The van der Waals surface area contributed by atoms with Crippen LogP contribution in [0.5, 0.6) is 17.2 Å². The van der Waals surface area contributed by atoms with E-state index in [1.165, 1.54) is 20.3 Å². The van der Waals surface area contributed by atoms with Gasteiger partial charge >= 0.3 is 17.9 Å². The number of hydrogen-bond acceptors (Lipinski definition) is 10. The van der Waals surface area contributed by atoms with E-state index >= 15 is 0 Å². The van der Waals surface area contributed by atoms with Crippen LogP contribution in [0.4, 0.5) is 0 Å². The molecular formula is C30H38O10. The Hall–Kier alpha value is -3.89. The number of esters is 3. The van der Waals surface area contributed by atoms with Crippen molar-refractivity contribution in [2.45, 2.75) is 27.2 Å². The van der Waals surface area contributed by atoms with Crippen LogP contribution >= 0.6 is 0 Å². The van der Waals surface area contributed by atoms with Crippen molar-refractivity contribution in [2.24, 2.45) is 5.41 Å². The van der Waals surface area contributed by atoms with Crippen molar-refractivity contribution in [3.63, 3.8) is 0 Å². The van der Waals surface area contributed by atoms with Crippen molar-refractivity contribution in [2.75, 3.05) is 53.9 Å². The standard InChI is InChI=1S/C30H38O10/c1-6-30(2,3)29(33)39-20-18-37-16-15-36-17-19-38-24-11-9-23(10-12-24)28(32)40-25-13-7-22(21-26(25)34-4)8-14-27(31)35-5/h7-14,21H,6,15-20H2,1-5H3/b14-8+. The van der Waals surface area contributed by atoms with E-state index in [1.54, 1.807) is 48.5 Å². The van der Waals surface area contributed by atoms with Gasteiger partial charge in [-0.25, -0.2) is 9.59 Å². The number of methoxy groups -OCH3 is 2. The Morgan fingerprint density at radius 2 is 1.48 bits per heavy atom. The number of hydrogen-bond donors (Lipinski definition) is 0. The predicted molar refractivity (Wildman–Crippen MR) is 148 cm³/mol. The molecule has 10 heteroatoms. The molecule has 10 nitrogen and oxygen atoms in total. The van der Waals surface area contributed by atoms with Crippen LogP contribution in [-0.4, -0.2) is 71.8 Å². The van der Waals surface area contributed by atoms with Crippen LogP contribution < -0.4 is 14.2 Å². The number of carbonyl (C=O) groups is 3. The van der Waals surface area contributed by atoms with Gasteiger partial charge in [0.05, 0.1) is 51.6 Å². The normalized spacial score (nSPS) is 11.2. The lowest BCUT2D eigenvalue weighted by molar-refractivity contribution is -0.155. The maximum atomic E-state index is 12.6. The Kier molecular flexibility index (Phi) is 13.7. The fraction of sp³-hybridized carbons (Fsp3) is 0.433. The van der Waals surface area contributed by atoms with Crippen molar-refractivity contribution < 1.29 is 47.5 Å². The molecule has 218 valence electrons. The number of ether oxygens (including phenoxy) is 7. The summed E-state index contributed by atoms with van der Waals surface area (Å²) in [6.45, 7) is 7.62. The molecule has 0 bridgehead atoms. The van der Waals surface area contributed by atoms with Gasteiger partial charge in [0.2, 0.25) is 0 Å². The van der Waals surface area contributed by atoms with Crippen LogP contribution in [0.3, 0.4) is 0 Å². The number of rotatable bonds is 17. The zero-order valence-electron chi connectivity index (χ0n) is 23.7. The summed E-state index contributed by atoms with van der Waals surface area (Å²) in [5.41, 5.74) is 0.525. The average molecular weight is 559 g/mol. The molecule has 2 aromatic rings. The molecule has 0 aromatic heterocycles. The van der Waals surface area contributed by atoms with E-state index in [0.717, 1.165) is 0 Å². The summed E-state index contributed by atoms with van der Waals surface area (Å²) in [7, 11) is 2.75. The summed E-state index contributed by atoms with van der Waals surface area (Å²) in [4.78, 5) is 35.7. The molecule has 0 aliphatic heterocycles. The molecule has 40 heavy (non-hydrogen) atoms. The summed E-state index contributed by atoms with van der Waals surface area (Å²) in [6.07, 6.45) is 3.56. The van der Waals surface area contributed by atoms with Gasteiger partial charge in [0, 0.05) is 6.08 Å².